The van der Waals surface area contributed by atoms with Crippen LogP contribution in [0.25, 0.3) is 22.2 Å². The zero-order valence-electron chi connectivity index (χ0n) is 21.7. The van der Waals surface area contributed by atoms with E-state index in [9.17, 15) is 9.90 Å². The molecule has 1 radical (unpaired) electrons. The van der Waals surface area contributed by atoms with E-state index in [2.05, 4.69) is 32.0 Å². The van der Waals surface area contributed by atoms with Crippen LogP contribution in [-0.2, 0) is 24.9 Å². The van der Waals surface area contributed by atoms with Crippen LogP contribution >= 0.6 is 0 Å². The average molecular weight is 639 g/mol. The number of nitrogens with zero attached hydrogens (tertiary/aromatic N) is 1. The van der Waals surface area contributed by atoms with Gasteiger partial charge < -0.3 is 9.84 Å². The summed E-state index contributed by atoms with van der Waals surface area (Å²) in [6, 6.07) is 17.5. The molecule has 0 bridgehead atoms. The molecule has 0 saturated carbocycles. The van der Waals surface area contributed by atoms with E-state index in [1.165, 1.54) is 17.2 Å². The van der Waals surface area contributed by atoms with Crippen LogP contribution in [0.5, 0.6) is 5.75 Å². The van der Waals surface area contributed by atoms with Gasteiger partial charge >= 0.3 is 0 Å². The summed E-state index contributed by atoms with van der Waals surface area (Å²) in [7, 11) is 1.67. The van der Waals surface area contributed by atoms with E-state index in [1.807, 2.05) is 71.9 Å². The number of aryl methyl sites for hydroxylation is 2. The molecule has 3 aromatic rings. The number of hydrogen-bond donors (Lipinski definition) is 1. The van der Waals surface area contributed by atoms with Crippen LogP contribution in [0.3, 0.4) is 0 Å². The third-order valence-corrected chi connectivity index (χ3v) is 5.21. The van der Waals surface area contributed by atoms with Crippen molar-refractivity contribution in [2.24, 2.45) is 10.8 Å². The van der Waals surface area contributed by atoms with Crippen LogP contribution in [0.4, 0.5) is 0 Å². The number of aliphatic hydroxyl groups is 1. The molecule has 0 spiro atoms. The van der Waals surface area contributed by atoms with Crippen molar-refractivity contribution in [3.63, 3.8) is 0 Å². The first-order chi connectivity index (χ1) is 15.2. The first-order valence-corrected chi connectivity index (χ1v) is 11.1. The standard InChI is InChI=1S/C18H16NO.C11H20O2.Ir/c1-12-4-7-16(13(2)10-12)18-8-5-14-11-15(20-3)6-9-17(14)19-18;1-10(2,3)8(12)7-9(13)11(4,5)6;/h4-6,8-11H,1-3H3;7,12H,1-6H3;/q-1;;/b;8-7-;. The van der Waals surface area contributed by atoms with Crippen LogP contribution in [0.1, 0.15) is 52.7 Å². The molecule has 0 aliphatic carbocycles. The van der Waals surface area contributed by atoms with Gasteiger partial charge in [-0.05, 0) is 23.9 Å². The molecule has 0 aliphatic heterocycles. The van der Waals surface area contributed by atoms with Gasteiger partial charge in [-0.2, -0.15) is 0 Å². The SMILES string of the molecule is CC(C)(C)C(=O)/C=C(\O)C(C)(C)C.COc1ccc2nc(-c3[c-]cc(C)cc3C)ccc2c1.[Ir]. The Balaban J connectivity index is 0.000000364. The Kier molecular flexibility index (Phi) is 10.2. The van der Waals surface area contributed by atoms with Crippen molar-refractivity contribution in [2.45, 2.75) is 55.4 Å². The number of carbonyl (C=O) groups excluding carboxylic acids is 1. The van der Waals surface area contributed by atoms with E-state index in [0.717, 1.165) is 27.9 Å². The number of ether oxygens (including phenoxy) is 1. The number of aromatic nitrogens is 1. The molecule has 0 atom stereocenters. The Morgan fingerprint density at radius 3 is 2.18 bits per heavy atom. The van der Waals surface area contributed by atoms with Crippen molar-refractivity contribution in [1.82, 2.24) is 4.98 Å². The fourth-order valence-electron chi connectivity index (χ4n) is 2.96. The van der Waals surface area contributed by atoms with Gasteiger partial charge in [-0.15, -0.1) is 34.9 Å². The fraction of sp³-hybridized carbons (Fsp3) is 0.379. The molecule has 1 heterocycles. The number of benzene rings is 2. The number of fused-ring (bicyclic) bond motifs is 1. The quantitative estimate of drug-likeness (QED) is 0.184. The molecule has 0 unspecified atom stereocenters. The molecule has 0 saturated heterocycles. The second-order valence-electron chi connectivity index (χ2n) is 10.4. The summed E-state index contributed by atoms with van der Waals surface area (Å²) >= 11 is 0. The zero-order valence-corrected chi connectivity index (χ0v) is 24.1. The Morgan fingerprint density at radius 2 is 1.65 bits per heavy atom. The van der Waals surface area contributed by atoms with Gasteiger partial charge in [-0.1, -0.05) is 67.5 Å². The fourth-order valence-corrected chi connectivity index (χ4v) is 2.96. The number of aliphatic hydroxyl groups excluding tert-OH is 1. The summed E-state index contributed by atoms with van der Waals surface area (Å²) in [5, 5.41) is 10.6. The molecular formula is C29H36IrNO3-. The summed E-state index contributed by atoms with van der Waals surface area (Å²) in [6.45, 7) is 15.3. The van der Waals surface area contributed by atoms with Gasteiger partial charge in [0.05, 0.1) is 12.6 Å². The summed E-state index contributed by atoms with van der Waals surface area (Å²) in [6.07, 6.45) is 1.33. The summed E-state index contributed by atoms with van der Waals surface area (Å²) in [5.74, 6) is 0.956. The number of hydrogen-bond acceptors (Lipinski definition) is 4. The predicted molar refractivity (Wildman–Crippen MR) is 137 cm³/mol. The van der Waals surface area contributed by atoms with E-state index in [4.69, 9.17) is 9.72 Å². The monoisotopic (exact) mass is 639 g/mol. The van der Waals surface area contributed by atoms with Gasteiger partial charge in [0.1, 0.15) is 11.5 Å². The normalized spacial score (nSPS) is 11.9. The molecule has 0 fully saturated rings. The average Bonchev–Trinajstić information content (AvgIpc) is 2.72. The van der Waals surface area contributed by atoms with Crippen molar-refractivity contribution < 1.29 is 34.7 Å². The Hall–Kier alpha value is -2.49. The first kappa shape index (κ1) is 29.5. The topological polar surface area (TPSA) is 59.4 Å². The summed E-state index contributed by atoms with van der Waals surface area (Å²) < 4.78 is 5.24. The van der Waals surface area contributed by atoms with Gasteiger partial charge in [0.15, 0.2) is 5.78 Å². The van der Waals surface area contributed by atoms with Gasteiger partial charge in [0, 0.05) is 42.4 Å². The predicted octanol–water partition coefficient (Wildman–Crippen LogP) is 7.41. The Bertz CT molecular complexity index is 1170. The molecular weight excluding hydrogens is 603 g/mol. The zero-order chi connectivity index (χ0) is 25.0. The molecule has 3 rings (SSSR count). The molecule has 4 nitrogen and oxygen atoms in total. The van der Waals surface area contributed by atoms with Crippen molar-refractivity contribution in [2.75, 3.05) is 7.11 Å². The number of methoxy groups -OCH3 is 1. The number of pyridine rings is 1. The van der Waals surface area contributed by atoms with E-state index >= 15 is 0 Å². The molecule has 2 aromatic carbocycles. The van der Waals surface area contributed by atoms with E-state index in [0.29, 0.717) is 0 Å². The molecule has 1 aromatic heterocycles. The number of ketones is 1. The van der Waals surface area contributed by atoms with Crippen LogP contribution in [0.15, 0.2) is 54.3 Å². The minimum absolute atomic E-state index is 0. The molecule has 5 heteroatoms. The Morgan fingerprint density at radius 1 is 1.00 bits per heavy atom. The van der Waals surface area contributed by atoms with Crippen molar-refractivity contribution in [3.05, 3.63) is 71.5 Å². The molecule has 0 amide bonds. The number of allylic oxidation sites excluding steroid dienone is 2. The molecule has 1 N–H and O–H groups in total. The smallest absolute Gasteiger partial charge is 0.164 e. The van der Waals surface area contributed by atoms with Gasteiger partial charge in [-0.25, -0.2) is 0 Å². The second-order valence-corrected chi connectivity index (χ2v) is 10.4. The van der Waals surface area contributed by atoms with E-state index in [1.54, 1.807) is 7.11 Å². The molecule has 185 valence electrons. The minimum Gasteiger partial charge on any atom is -0.512 e. The molecule has 0 aliphatic rings. The van der Waals surface area contributed by atoms with Gasteiger partial charge in [0.2, 0.25) is 0 Å². The maximum atomic E-state index is 11.5. The third kappa shape index (κ3) is 8.07. The largest absolute Gasteiger partial charge is 0.512 e. The summed E-state index contributed by atoms with van der Waals surface area (Å²) in [4.78, 5) is 16.2. The van der Waals surface area contributed by atoms with Crippen LogP contribution < -0.4 is 4.74 Å². The van der Waals surface area contributed by atoms with Crippen LogP contribution in [-0.4, -0.2) is 23.0 Å². The van der Waals surface area contributed by atoms with E-state index in [-0.39, 0.29) is 37.1 Å². The van der Waals surface area contributed by atoms with Gasteiger partial charge in [0.25, 0.3) is 0 Å². The first-order valence-electron chi connectivity index (χ1n) is 11.1. The van der Waals surface area contributed by atoms with Crippen LogP contribution in [0.2, 0.25) is 0 Å². The van der Waals surface area contributed by atoms with Crippen LogP contribution in [0, 0.1) is 30.7 Å². The third-order valence-electron chi connectivity index (χ3n) is 5.21. The maximum absolute atomic E-state index is 11.5. The summed E-state index contributed by atoms with van der Waals surface area (Å²) in [5.41, 5.74) is 4.65. The second kappa shape index (κ2) is 11.8. The van der Waals surface area contributed by atoms with Gasteiger partial charge in [-0.3, -0.25) is 9.78 Å². The van der Waals surface area contributed by atoms with Crippen molar-refractivity contribution >= 4 is 16.7 Å². The maximum Gasteiger partial charge on any atom is 0.164 e. The van der Waals surface area contributed by atoms with Crippen molar-refractivity contribution in [3.8, 4) is 17.0 Å². The Labute approximate surface area is 217 Å². The molecule has 34 heavy (non-hydrogen) atoms. The van der Waals surface area contributed by atoms with E-state index < -0.39 is 5.41 Å². The number of carbonyl (C=O) groups is 1. The number of rotatable bonds is 3. The minimum atomic E-state index is -0.417. The van der Waals surface area contributed by atoms with Crippen molar-refractivity contribution in [1.29, 1.82) is 0 Å².